The molecular formula is C10H14N2O5. The second kappa shape index (κ2) is 6.48. The molecule has 0 fully saturated rings. The molecule has 0 unspecified atom stereocenters. The summed E-state index contributed by atoms with van der Waals surface area (Å²) in [5.41, 5.74) is -1.40. The Morgan fingerprint density at radius 2 is 1.94 bits per heavy atom. The van der Waals surface area contributed by atoms with Crippen LogP contribution < -0.4 is 0 Å². The Morgan fingerprint density at radius 3 is 2.35 bits per heavy atom. The van der Waals surface area contributed by atoms with Crippen molar-refractivity contribution in [2.75, 3.05) is 6.61 Å². The standard InChI is InChI=1S/C10H14N2O5/c1-5-15-8(13)7(6-11)12-17-9(14)16-10(2,3)4/h5H2,1-4H3. The molecule has 0 rings (SSSR count). The third kappa shape index (κ3) is 6.89. The van der Waals surface area contributed by atoms with Crippen molar-refractivity contribution in [2.24, 2.45) is 5.16 Å². The van der Waals surface area contributed by atoms with E-state index in [0.29, 0.717) is 0 Å². The van der Waals surface area contributed by atoms with Crippen molar-refractivity contribution >= 4 is 17.8 Å². The number of oxime groups is 1. The lowest BCUT2D eigenvalue weighted by atomic mass is 10.2. The lowest BCUT2D eigenvalue weighted by Gasteiger charge is -2.17. The number of ether oxygens (including phenoxy) is 2. The fourth-order valence-corrected chi connectivity index (χ4v) is 0.654. The fraction of sp³-hybridized carbons (Fsp3) is 0.600. The summed E-state index contributed by atoms with van der Waals surface area (Å²) in [5, 5.41) is 11.6. The average molecular weight is 242 g/mol. The molecule has 0 saturated carbocycles. The van der Waals surface area contributed by atoms with E-state index in [1.165, 1.54) is 6.07 Å². The highest BCUT2D eigenvalue weighted by atomic mass is 16.8. The van der Waals surface area contributed by atoms with E-state index in [9.17, 15) is 9.59 Å². The molecule has 0 atom stereocenters. The number of hydrogen-bond acceptors (Lipinski definition) is 7. The van der Waals surface area contributed by atoms with Gasteiger partial charge in [0.15, 0.2) is 0 Å². The lowest BCUT2D eigenvalue weighted by molar-refractivity contribution is -0.135. The molecule has 0 spiro atoms. The number of nitriles is 1. The van der Waals surface area contributed by atoms with Gasteiger partial charge in [0.05, 0.1) is 6.61 Å². The highest BCUT2D eigenvalue weighted by molar-refractivity contribution is 6.42. The smallest absolute Gasteiger partial charge is 0.461 e. The number of hydrogen-bond donors (Lipinski definition) is 0. The maximum absolute atomic E-state index is 11.1. The molecule has 0 heterocycles. The third-order valence-corrected chi connectivity index (χ3v) is 1.18. The summed E-state index contributed by atoms with van der Waals surface area (Å²) >= 11 is 0. The van der Waals surface area contributed by atoms with Crippen molar-refractivity contribution in [1.29, 1.82) is 5.26 Å². The zero-order chi connectivity index (χ0) is 13.5. The quantitative estimate of drug-likeness (QED) is 0.321. The highest BCUT2D eigenvalue weighted by Crippen LogP contribution is 2.08. The molecule has 0 aromatic heterocycles. The van der Waals surface area contributed by atoms with Crippen molar-refractivity contribution < 1.29 is 23.9 Å². The van der Waals surface area contributed by atoms with Gasteiger partial charge in [0.1, 0.15) is 11.7 Å². The Labute approximate surface area is 98.9 Å². The third-order valence-electron chi connectivity index (χ3n) is 1.18. The Kier molecular flexibility index (Phi) is 5.68. The van der Waals surface area contributed by atoms with Gasteiger partial charge in [0.2, 0.25) is 0 Å². The Balaban J connectivity index is 4.44. The lowest BCUT2D eigenvalue weighted by Crippen LogP contribution is -2.24. The Bertz CT molecular complexity index is 362. The first kappa shape index (κ1) is 14.9. The van der Waals surface area contributed by atoms with Crippen LogP contribution in [0.25, 0.3) is 0 Å². The number of nitrogens with zero attached hydrogens (tertiary/aromatic N) is 2. The summed E-state index contributed by atoms with van der Waals surface area (Å²) in [6.07, 6.45) is -1.10. The van der Waals surface area contributed by atoms with Crippen molar-refractivity contribution in [3.63, 3.8) is 0 Å². The molecule has 0 bridgehead atoms. The average Bonchev–Trinajstić information content (AvgIpc) is 2.16. The van der Waals surface area contributed by atoms with Gasteiger partial charge in [-0.2, -0.15) is 5.26 Å². The molecule has 0 saturated heterocycles. The van der Waals surface area contributed by atoms with E-state index in [1.807, 2.05) is 0 Å². The van der Waals surface area contributed by atoms with Crippen molar-refractivity contribution in [2.45, 2.75) is 33.3 Å². The van der Waals surface area contributed by atoms with E-state index in [-0.39, 0.29) is 6.61 Å². The predicted molar refractivity (Wildman–Crippen MR) is 57.0 cm³/mol. The van der Waals surface area contributed by atoms with Gasteiger partial charge in [0.25, 0.3) is 5.71 Å². The van der Waals surface area contributed by atoms with Crippen LogP contribution in [0.4, 0.5) is 4.79 Å². The zero-order valence-electron chi connectivity index (χ0n) is 10.1. The second-order valence-corrected chi connectivity index (χ2v) is 3.83. The predicted octanol–water partition coefficient (Wildman–Crippen LogP) is 1.38. The van der Waals surface area contributed by atoms with Crippen molar-refractivity contribution in [1.82, 2.24) is 0 Å². The van der Waals surface area contributed by atoms with Gasteiger partial charge in [0, 0.05) is 0 Å². The van der Waals surface area contributed by atoms with Crippen LogP contribution in [0.3, 0.4) is 0 Å². The summed E-state index contributed by atoms with van der Waals surface area (Å²) < 4.78 is 9.25. The number of carbonyl (C=O) groups excluding carboxylic acids is 2. The topological polar surface area (TPSA) is 98.0 Å². The van der Waals surface area contributed by atoms with Gasteiger partial charge >= 0.3 is 12.1 Å². The van der Waals surface area contributed by atoms with Crippen LogP contribution in [-0.4, -0.2) is 30.0 Å². The summed E-state index contributed by atoms with van der Waals surface area (Å²) in [4.78, 5) is 26.4. The number of carbonyl (C=O) groups is 2. The van der Waals surface area contributed by atoms with Gasteiger partial charge in [-0.15, -0.1) is 0 Å². The Morgan fingerprint density at radius 1 is 1.35 bits per heavy atom. The summed E-state index contributed by atoms with van der Waals surface area (Å²) in [5.74, 6) is -0.960. The van der Waals surface area contributed by atoms with Crippen LogP contribution >= 0.6 is 0 Å². The molecule has 0 aromatic rings. The molecule has 0 aliphatic carbocycles. The molecule has 0 N–H and O–H groups in total. The maximum atomic E-state index is 11.1. The fourth-order valence-electron chi connectivity index (χ4n) is 0.654. The Hall–Kier alpha value is -2.10. The SMILES string of the molecule is CCOC(=O)C(C#N)=NOC(=O)OC(C)(C)C. The van der Waals surface area contributed by atoms with E-state index in [4.69, 9.17) is 10.00 Å². The van der Waals surface area contributed by atoms with Gasteiger partial charge < -0.3 is 9.47 Å². The summed E-state index contributed by atoms with van der Waals surface area (Å²) in [6, 6.07) is 1.45. The van der Waals surface area contributed by atoms with Crippen LogP contribution in [0.5, 0.6) is 0 Å². The minimum atomic E-state index is -1.10. The molecule has 0 amide bonds. The highest BCUT2D eigenvalue weighted by Gasteiger charge is 2.19. The molecule has 0 radical (unpaired) electrons. The van der Waals surface area contributed by atoms with E-state index in [2.05, 4.69) is 14.7 Å². The molecule has 0 aliphatic rings. The first-order chi connectivity index (χ1) is 7.80. The molecule has 94 valence electrons. The molecule has 7 nitrogen and oxygen atoms in total. The minimum absolute atomic E-state index is 0.0893. The maximum Gasteiger partial charge on any atom is 0.535 e. The number of esters is 1. The minimum Gasteiger partial charge on any atom is -0.461 e. The first-order valence-electron chi connectivity index (χ1n) is 4.85. The second-order valence-electron chi connectivity index (χ2n) is 3.83. The first-order valence-corrected chi connectivity index (χ1v) is 4.85. The van der Waals surface area contributed by atoms with E-state index in [1.54, 1.807) is 27.7 Å². The van der Waals surface area contributed by atoms with E-state index in [0.717, 1.165) is 0 Å². The molecule has 0 aromatic carbocycles. The van der Waals surface area contributed by atoms with Crippen LogP contribution in [0.15, 0.2) is 5.16 Å². The van der Waals surface area contributed by atoms with Crippen LogP contribution in [-0.2, 0) is 19.1 Å². The zero-order valence-corrected chi connectivity index (χ0v) is 10.1. The van der Waals surface area contributed by atoms with E-state index < -0.39 is 23.4 Å². The van der Waals surface area contributed by atoms with Gasteiger partial charge in [-0.25, -0.2) is 9.59 Å². The summed E-state index contributed by atoms with van der Waals surface area (Å²) in [6.45, 7) is 6.56. The normalized spacial score (nSPS) is 11.4. The molecule has 0 aliphatic heterocycles. The van der Waals surface area contributed by atoms with Gasteiger partial charge in [-0.1, -0.05) is 5.16 Å². The van der Waals surface area contributed by atoms with Gasteiger partial charge in [-0.05, 0) is 27.7 Å². The monoisotopic (exact) mass is 242 g/mol. The number of rotatable bonds is 3. The largest absolute Gasteiger partial charge is 0.535 e. The van der Waals surface area contributed by atoms with Crippen molar-refractivity contribution in [3.05, 3.63) is 0 Å². The van der Waals surface area contributed by atoms with Crippen LogP contribution in [0, 0.1) is 11.3 Å². The van der Waals surface area contributed by atoms with Crippen LogP contribution in [0.2, 0.25) is 0 Å². The van der Waals surface area contributed by atoms with Gasteiger partial charge in [-0.3, -0.25) is 4.84 Å². The van der Waals surface area contributed by atoms with E-state index >= 15 is 0 Å². The molecular weight excluding hydrogens is 228 g/mol. The molecule has 17 heavy (non-hydrogen) atoms. The summed E-state index contributed by atoms with van der Waals surface area (Å²) in [7, 11) is 0. The molecule has 7 heteroatoms. The van der Waals surface area contributed by atoms with Crippen LogP contribution in [0.1, 0.15) is 27.7 Å². The van der Waals surface area contributed by atoms with Crippen molar-refractivity contribution in [3.8, 4) is 6.07 Å².